The van der Waals surface area contributed by atoms with Crippen LogP contribution in [-0.4, -0.2) is 27.0 Å². The van der Waals surface area contributed by atoms with Crippen molar-refractivity contribution in [3.63, 3.8) is 0 Å². The normalized spacial score (nSPS) is 19.5. The minimum absolute atomic E-state index is 0.358. The van der Waals surface area contributed by atoms with Crippen LogP contribution in [-0.2, 0) is 0 Å². The van der Waals surface area contributed by atoms with Crippen molar-refractivity contribution in [2.75, 3.05) is 0 Å². The lowest BCUT2D eigenvalue weighted by atomic mass is 9.91. The maximum absolute atomic E-state index is 10.0. The average molecular weight is 163 g/mol. The van der Waals surface area contributed by atoms with Crippen LogP contribution in [0.2, 0.25) is 0 Å². The lowest BCUT2D eigenvalue weighted by Crippen LogP contribution is -2.48. The molecular formula is C6H13NO4. The summed E-state index contributed by atoms with van der Waals surface area (Å²) >= 11 is 0. The first-order chi connectivity index (χ1) is 4.80. The summed E-state index contributed by atoms with van der Waals surface area (Å²) in [6.07, 6.45) is -1.91. The van der Waals surface area contributed by atoms with Gasteiger partial charge in [0.15, 0.2) is 5.60 Å². The fourth-order valence-corrected chi connectivity index (χ4v) is 0.512. The van der Waals surface area contributed by atoms with E-state index in [1.54, 1.807) is 13.8 Å². The zero-order valence-corrected chi connectivity index (χ0v) is 6.81. The molecule has 11 heavy (non-hydrogen) atoms. The Balaban J connectivity index is 4.41. The van der Waals surface area contributed by atoms with Gasteiger partial charge in [-0.05, 0) is 12.8 Å². The molecule has 0 aromatic rings. The Bertz CT molecular complexity index is 155. The summed E-state index contributed by atoms with van der Waals surface area (Å²) in [7, 11) is 0. The number of hydrogen-bond acceptors (Lipinski definition) is 4. The van der Waals surface area contributed by atoms with Gasteiger partial charge in [0.25, 0.3) is 0 Å². The van der Waals surface area contributed by atoms with Crippen molar-refractivity contribution in [2.24, 2.45) is 5.92 Å². The highest BCUT2D eigenvalue weighted by atomic mass is 16.7. The topological polar surface area (TPSA) is 83.6 Å². The molecule has 5 nitrogen and oxygen atoms in total. The number of nitro groups is 1. The van der Waals surface area contributed by atoms with Gasteiger partial charge in [-0.15, -0.1) is 0 Å². The van der Waals surface area contributed by atoms with Crippen molar-refractivity contribution >= 4 is 0 Å². The van der Waals surface area contributed by atoms with E-state index < -0.39 is 16.8 Å². The lowest BCUT2D eigenvalue weighted by Gasteiger charge is -2.26. The van der Waals surface area contributed by atoms with Gasteiger partial charge in [-0.25, -0.2) is 0 Å². The van der Waals surface area contributed by atoms with Gasteiger partial charge in [0, 0.05) is 0 Å². The Labute approximate surface area is 64.8 Å². The van der Waals surface area contributed by atoms with Gasteiger partial charge in [-0.3, -0.25) is 10.1 Å². The summed E-state index contributed by atoms with van der Waals surface area (Å²) in [4.78, 5) is 9.14. The fourth-order valence-electron chi connectivity index (χ4n) is 0.512. The summed E-state index contributed by atoms with van der Waals surface area (Å²) in [5.74, 6) is -0.358. The third kappa shape index (κ3) is 2.13. The van der Waals surface area contributed by atoms with Crippen LogP contribution in [0.15, 0.2) is 0 Å². The van der Waals surface area contributed by atoms with Crippen LogP contribution in [0.4, 0.5) is 0 Å². The summed E-state index contributed by atoms with van der Waals surface area (Å²) in [5.41, 5.74) is -1.66. The quantitative estimate of drug-likeness (QED) is 0.348. The summed E-state index contributed by atoms with van der Waals surface area (Å²) in [6, 6.07) is 0. The highest BCUT2D eigenvalue weighted by Gasteiger charge is 2.42. The SMILES string of the molecule is CC(C)C(C)(O)C(O)[N+](=O)[O-]. The van der Waals surface area contributed by atoms with Gasteiger partial charge in [-0.2, -0.15) is 0 Å². The lowest BCUT2D eigenvalue weighted by molar-refractivity contribution is -0.595. The number of rotatable bonds is 3. The second-order valence-electron chi connectivity index (χ2n) is 3.04. The molecule has 0 aromatic heterocycles. The van der Waals surface area contributed by atoms with Crippen molar-refractivity contribution in [1.29, 1.82) is 0 Å². The molecule has 0 heterocycles. The zero-order valence-electron chi connectivity index (χ0n) is 6.81. The highest BCUT2D eigenvalue weighted by Crippen LogP contribution is 2.20. The maximum atomic E-state index is 10.0. The van der Waals surface area contributed by atoms with Crippen LogP contribution < -0.4 is 0 Å². The van der Waals surface area contributed by atoms with Crippen LogP contribution in [0.3, 0.4) is 0 Å². The van der Waals surface area contributed by atoms with Crippen molar-refractivity contribution in [2.45, 2.75) is 32.6 Å². The molecular weight excluding hydrogens is 150 g/mol. The summed E-state index contributed by atoms with van der Waals surface area (Å²) in [6.45, 7) is 4.45. The molecule has 0 amide bonds. The van der Waals surface area contributed by atoms with Crippen LogP contribution in [0, 0.1) is 16.0 Å². The average Bonchev–Trinajstić information content (AvgIpc) is 1.85. The van der Waals surface area contributed by atoms with Crippen molar-refractivity contribution in [3.8, 4) is 0 Å². The number of aliphatic hydroxyl groups excluding tert-OH is 1. The van der Waals surface area contributed by atoms with Gasteiger partial charge >= 0.3 is 6.23 Å². The van der Waals surface area contributed by atoms with Crippen molar-refractivity contribution in [3.05, 3.63) is 10.1 Å². The van der Waals surface area contributed by atoms with E-state index in [9.17, 15) is 15.2 Å². The van der Waals surface area contributed by atoms with Crippen LogP contribution >= 0.6 is 0 Å². The first-order valence-electron chi connectivity index (χ1n) is 3.34. The number of aliphatic hydroxyl groups is 2. The van der Waals surface area contributed by atoms with E-state index in [2.05, 4.69) is 0 Å². The minimum Gasteiger partial charge on any atom is -0.380 e. The van der Waals surface area contributed by atoms with Crippen LogP contribution in [0.1, 0.15) is 20.8 Å². The first kappa shape index (κ1) is 10.3. The molecule has 5 heteroatoms. The third-order valence-corrected chi connectivity index (χ3v) is 1.89. The van der Waals surface area contributed by atoms with Gasteiger partial charge < -0.3 is 10.2 Å². The third-order valence-electron chi connectivity index (χ3n) is 1.89. The molecule has 0 aliphatic carbocycles. The van der Waals surface area contributed by atoms with E-state index in [0.717, 1.165) is 0 Å². The van der Waals surface area contributed by atoms with E-state index in [-0.39, 0.29) is 5.92 Å². The number of hydrogen-bond donors (Lipinski definition) is 2. The van der Waals surface area contributed by atoms with Gasteiger partial charge in [-0.1, -0.05) is 13.8 Å². The molecule has 0 fully saturated rings. The van der Waals surface area contributed by atoms with Crippen molar-refractivity contribution < 1.29 is 15.1 Å². The van der Waals surface area contributed by atoms with Gasteiger partial charge in [0.2, 0.25) is 0 Å². The molecule has 0 bridgehead atoms. The molecule has 66 valence electrons. The predicted octanol–water partition coefficient (Wildman–Crippen LogP) is -0.0115. The van der Waals surface area contributed by atoms with Gasteiger partial charge in [0.1, 0.15) is 0 Å². The van der Waals surface area contributed by atoms with Crippen LogP contribution in [0.5, 0.6) is 0 Å². The van der Waals surface area contributed by atoms with E-state index in [4.69, 9.17) is 5.11 Å². The van der Waals surface area contributed by atoms with E-state index in [1.807, 2.05) is 0 Å². The summed E-state index contributed by atoms with van der Waals surface area (Å²) < 4.78 is 0. The largest absolute Gasteiger partial charge is 0.380 e. The van der Waals surface area contributed by atoms with Gasteiger partial charge in [0.05, 0.1) is 4.92 Å². The molecule has 0 aromatic carbocycles. The van der Waals surface area contributed by atoms with Crippen molar-refractivity contribution in [1.82, 2.24) is 0 Å². The molecule has 0 aliphatic rings. The van der Waals surface area contributed by atoms with E-state index in [1.165, 1.54) is 6.92 Å². The molecule has 2 unspecified atom stereocenters. The zero-order chi connectivity index (χ0) is 9.23. The minimum atomic E-state index is -1.91. The molecule has 0 spiro atoms. The highest BCUT2D eigenvalue weighted by molar-refractivity contribution is 4.78. The Morgan fingerprint density at radius 1 is 1.55 bits per heavy atom. The number of nitrogens with zero attached hydrogens (tertiary/aromatic N) is 1. The molecule has 2 atom stereocenters. The smallest absolute Gasteiger partial charge is 0.341 e. The first-order valence-corrected chi connectivity index (χ1v) is 3.34. The Hall–Kier alpha value is -0.680. The molecule has 0 rings (SSSR count). The Morgan fingerprint density at radius 2 is 1.91 bits per heavy atom. The molecule has 0 saturated carbocycles. The Morgan fingerprint density at radius 3 is 2.00 bits per heavy atom. The monoisotopic (exact) mass is 163 g/mol. The summed E-state index contributed by atoms with van der Waals surface area (Å²) in [5, 5.41) is 28.3. The standard InChI is InChI=1S/C6H13NO4/c1-4(2)6(3,9)5(8)7(10)11/h4-5,8-9H,1-3H3. The predicted molar refractivity (Wildman–Crippen MR) is 38.5 cm³/mol. The molecule has 2 N–H and O–H groups in total. The fraction of sp³-hybridized carbons (Fsp3) is 1.00. The van der Waals surface area contributed by atoms with Crippen LogP contribution in [0.25, 0.3) is 0 Å². The molecule has 0 saturated heterocycles. The maximum Gasteiger partial charge on any atom is 0.341 e. The second-order valence-corrected chi connectivity index (χ2v) is 3.04. The van der Waals surface area contributed by atoms with E-state index in [0.29, 0.717) is 0 Å². The molecule has 0 aliphatic heterocycles. The Kier molecular flexibility index (Phi) is 2.95. The molecule has 0 radical (unpaired) electrons. The second kappa shape index (κ2) is 3.15. The van der Waals surface area contributed by atoms with E-state index >= 15 is 0 Å².